The van der Waals surface area contributed by atoms with Gasteiger partial charge in [0.25, 0.3) is 0 Å². The van der Waals surface area contributed by atoms with E-state index < -0.39 is 0 Å². The minimum Gasteiger partial charge on any atom is -0.464 e. The molecule has 0 aliphatic heterocycles. The monoisotopic (exact) mass is 307 g/mol. The highest BCUT2D eigenvalue weighted by Crippen LogP contribution is 2.22. The molecule has 21 heavy (non-hydrogen) atoms. The number of amides is 1. The molecular formula is C16H21NO3S. The molecule has 0 spiro atoms. The first-order valence-electron chi connectivity index (χ1n) is 6.95. The Morgan fingerprint density at radius 3 is 2.90 bits per heavy atom. The number of aryl methyl sites for hydroxylation is 1. The number of carbonyl (C=O) groups is 1. The van der Waals surface area contributed by atoms with Crippen molar-refractivity contribution in [3.05, 3.63) is 35.6 Å². The van der Waals surface area contributed by atoms with Gasteiger partial charge in [0.2, 0.25) is 5.91 Å². The van der Waals surface area contributed by atoms with Crippen molar-refractivity contribution < 1.29 is 14.3 Å². The summed E-state index contributed by atoms with van der Waals surface area (Å²) < 4.78 is 5.50. The summed E-state index contributed by atoms with van der Waals surface area (Å²) >= 11 is 1.55. The number of furan rings is 1. The number of hydrogen-bond acceptors (Lipinski definition) is 4. The van der Waals surface area contributed by atoms with Crippen LogP contribution >= 0.6 is 11.8 Å². The van der Waals surface area contributed by atoms with E-state index in [1.54, 1.807) is 18.0 Å². The first-order valence-corrected chi connectivity index (χ1v) is 8.23. The molecule has 0 radical (unpaired) electrons. The molecule has 2 aromatic rings. The van der Waals surface area contributed by atoms with Crippen LogP contribution in [0.1, 0.15) is 18.1 Å². The molecule has 1 heterocycles. The van der Waals surface area contributed by atoms with Crippen LogP contribution in [-0.2, 0) is 11.2 Å². The van der Waals surface area contributed by atoms with E-state index in [1.807, 2.05) is 38.3 Å². The maximum Gasteiger partial charge on any atom is 0.224 e. The van der Waals surface area contributed by atoms with E-state index in [2.05, 4.69) is 5.32 Å². The molecule has 1 aromatic carbocycles. The van der Waals surface area contributed by atoms with Crippen molar-refractivity contribution in [2.45, 2.75) is 31.6 Å². The molecule has 1 aromatic heterocycles. The summed E-state index contributed by atoms with van der Waals surface area (Å²) in [7, 11) is 0. The number of carbonyl (C=O) groups excluding carboxylic acids is 1. The highest BCUT2D eigenvalue weighted by molar-refractivity contribution is 7.99. The lowest BCUT2D eigenvalue weighted by molar-refractivity contribution is -0.121. The first-order chi connectivity index (χ1) is 10.0. The molecule has 0 unspecified atom stereocenters. The minimum absolute atomic E-state index is 0.0118. The zero-order valence-corrected chi connectivity index (χ0v) is 13.4. The molecule has 2 N–H and O–H groups in total. The van der Waals surface area contributed by atoms with Gasteiger partial charge in [-0.3, -0.25) is 4.79 Å². The molecule has 4 nitrogen and oxygen atoms in total. The molecule has 1 amide bonds. The summed E-state index contributed by atoms with van der Waals surface area (Å²) in [6.07, 6.45) is 3.86. The summed E-state index contributed by atoms with van der Waals surface area (Å²) in [6.45, 7) is 3.97. The maximum atomic E-state index is 12.1. The van der Waals surface area contributed by atoms with Gasteiger partial charge >= 0.3 is 0 Å². The molecule has 0 fully saturated rings. The van der Waals surface area contributed by atoms with Gasteiger partial charge in [0.05, 0.1) is 19.3 Å². The third kappa shape index (κ3) is 3.80. The Hall–Kier alpha value is -1.46. The van der Waals surface area contributed by atoms with Crippen molar-refractivity contribution in [2.75, 3.05) is 12.9 Å². The molecule has 0 saturated heterocycles. The van der Waals surface area contributed by atoms with Gasteiger partial charge in [-0.15, -0.1) is 0 Å². The third-order valence-corrected chi connectivity index (χ3v) is 4.75. The van der Waals surface area contributed by atoms with Crippen molar-refractivity contribution >= 4 is 28.6 Å². The minimum atomic E-state index is -0.0714. The SMILES string of the molecule is CS[C@@H](CO)[C@H](C)NC(=O)Cc1coc2cc(C)ccc12. The highest BCUT2D eigenvalue weighted by atomic mass is 32.2. The average molecular weight is 307 g/mol. The summed E-state index contributed by atoms with van der Waals surface area (Å²) in [5.74, 6) is -0.0572. The van der Waals surface area contributed by atoms with Crippen molar-refractivity contribution in [1.29, 1.82) is 0 Å². The zero-order valence-electron chi connectivity index (χ0n) is 12.6. The Morgan fingerprint density at radius 2 is 2.24 bits per heavy atom. The maximum absolute atomic E-state index is 12.1. The van der Waals surface area contributed by atoms with Gasteiger partial charge in [-0.2, -0.15) is 11.8 Å². The standard InChI is InChI=1S/C16H21NO3S/c1-10-4-5-13-12(9-20-14(13)6-10)7-16(19)17-11(2)15(8-18)21-3/h4-6,9,11,15,18H,7-8H2,1-3H3,(H,17,19)/t11-,15-/m0/s1. The normalized spacial score (nSPS) is 14.1. The number of aliphatic hydroxyl groups excluding tert-OH is 1. The Morgan fingerprint density at radius 1 is 1.48 bits per heavy atom. The number of hydrogen-bond donors (Lipinski definition) is 2. The van der Waals surface area contributed by atoms with Crippen molar-refractivity contribution in [1.82, 2.24) is 5.32 Å². The van der Waals surface area contributed by atoms with Gasteiger partial charge in [0.1, 0.15) is 5.58 Å². The fourth-order valence-corrected chi connectivity index (χ4v) is 2.96. The van der Waals surface area contributed by atoms with E-state index in [0.717, 1.165) is 22.1 Å². The second-order valence-corrected chi connectivity index (χ2v) is 6.33. The summed E-state index contributed by atoms with van der Waals surface area (Å²) in [6, 6.07) is 5.89. The number of nitrogens with one attached hydrogen (secondary N) is 1. The van der Waals surface area contributed by atoms with Gasteiger partial charge in [0.15, 0.2) is 0 Å². The Labute approximate surface area is 128 Å². The fourth-order valence-electron chi connectivity index (χ4n) is 2.33. The number of rotatable bonds is 6. The van der Waals surface area contributed by atoms with E-state index in [4.69, 9.17) is 4.42 Å². The fraction of sp³-hybridized carbons (Fsp3) is 0.438. The van der Waals surface area contributed by atoms with E-state index in [9.17, 15) is 9.90 Å². The van der Waals surface area contributed by atoms with Gasteiger partial charge < -0.3 is 14.8 Å². The molecule has 0 aliphatic carbocycles. The Balaban J connectivity index is 2.04. The highest BCUT2D eigenvalue weighted by Gasteiger charge is 2.18. The number of thioether (sulfide) groups is 1. The quantitative estimate of drug-likeness (QED) is 0.861. The molecular weight excluding hydrogens is 286 g/mol. The predicted molar refractivity (Wildman–Crippen MR) is 86.6 cm³/mol. The van der Waals surface area contributed by atoms with Crippen molar-refractivity contribution in [3.8, 4) is 0 Å². The first kappa shape index (κ1) is 15.9. The third-order valence-electron chi connectivity index (χ3n) is 3.59. The van der Waals surface area contributed by atoms with Crippen LogP contribution in [0.4, 0.5) is 0 Å². The Kier molecular flexibility index (Phi) is 5.31. The Bertz CT molecular complexity index is 619. The van der Waals surface area contributed by atoms with Crippen molar-refractivity contribution in [3.63, 3.8) is 0 Å². The number of fused-ring (bicyclic) bond motifs is 1. The van der Waals surface area contributed by atoms with Crippen molar-refractivity contribution in [2.24, 2.45) is 0 Å². The summed E-state index contributed by atoms with van der Waals surface area (Å²) in [4.78, 5) is 12.1. The van der Waals surface area contributed by atoms with Crippen LogP contribution in [0.3, 0.4) is 0 Å². The van der Waals surface area contributed by atoms with E-state index in [0.29, 0.717) is 0 Å². The molecule has 2 atom stereocenters. The number of benzene rings is 1. The van der Waals surface area contributed by atoms with Gasteiger partial charge in [0, 0.05) is 22.2 Å². The molecule has 2 rings (SSSR count). The molecule has 5 heteroatoms. The van der Waals surface area contributed by atoms with E-state index in [-0.39, 0.29) is 30.2 Å². The van der Waals surface area contributed by atoms with Crippen LogP contribution in [0.15, 0.2) is 28.9 Å². The van der Waals surface area contributed by atoms with Gasteiger partial charge in [-0.05, 0) is 31.7 Å². The molecule has 0 saturated carbocycles. The van der Waals surface area contributed by atoms with Crippen LogP contribution in [0.5, 0.6) is 0 Å². The number of aliphatic hydroxyl groups is 1. The van der Waals surface area contributed by atoms with Gasteiger partial charge in [-0.25, -0.2) is 0 Å². The van der Waals surface area contributed by atoms with Crippen LogP contribution < -0.4 is 5.32 Å². The topological polar surface area (TPSA) is 62.5 Å². The largest absolute Gasteiger partial charge is 0.464 e. The second-order valence-electron chi connectivity index (χ2n) is 5.25. The lowest BCUT2D eigenvalue weighted by atomic mass is 10.1. The van der Waals surface area contributed by atoms with Crippen LogP contribution in [0.25, 0.3) is 11.0 Å². The zero-order chi connectivity index (χ0) is 15.4. The smallest absolute Gasteiger partial charge is 0.224 e. The van der Waals surface area contributed by atoms with E-state index >= 15 is 0 Å². The lowest BCUT2D eigenvalue weighted by Crippen LogP contribution is -2.41. The van der Waals surface area contributed by atoms with Crippen LogP contribution in [0, 0.1) is 6.92 Å². The van der Waals surface area contributed by atoms with Gasteiger partial charge in [-0.1, -0.05) is 12.1 Å². The molecule has 0 bridgehead atoms. The summed E-state index contributed by atoms with van der Waals surface area (Å²) in [5, 5.41) is 13.2. The summed E-state index contributed by atoms with van der Waals surface area (Å²) in [5.41, 5.74) is 2.83. The second kappa shape index (κ2) is 7.00. The average Bonchev–Trinajstić information content (AvgIpc) is 2.82. The van der Waals surface area contributed by atoms with Crippen LogP contribution in [0.2, 0.25) is 0 Å². The molecule has 114 valence electrons. The molecule has 0 aliphatic rings. The van der Waals surface area contributed by atoms with Crippen LogP contribution in [-0.4, -0.2) is 35.2 Å². The van der Waals surface area contributed by atoms with E-state index in [1.165, 1.54) is 0 Å². The lowest BCUT2D eigenvalue weighted by Gasteiger charge is -2.21. The predicted octanol–water partition coefficient (Wildman–Crippen LogP) is 2.51.